The van der Waals surface area contributed by atoms with Crippen molar-refractivity contribution in [1.29, 1.82) is 0 Å². The van der Waals surface area contributed by atoms with Crippen molar-refractivity contribution in [2.45, 2.75) is 169 Å². The molecule has 0 aliphatic heterocycles. The molecular weight excluding hydrogens is 847 g/mol. The number of fused-ring (bicyclic) bond motifs is 9. The van der Waals surface area contributed by atoms with Crippen LogP contribution in [0.4, 0.5) is 17.1 Å². The van der Waals surface area contributed by atoms with Crippen molar-refractivity contribution in [1.82, 2.24) is 0 Å². The summed E-state index contributed by atoms with van der Waals surface area (Å²) in [6.07, 6.45) is 0. The molecular formula is C68H77NO. The van der Waals surface area contributed by atoms with Gasteiger partial charge in [0.1, 0.15) is 5.58 Å². The molecule has 2 heteroatoms. The van der Waals surface area contributed by atoms with Gasteiger partial charge in [-0.3, -0.25) is 0 Å². The third kappa shape index (κ3) is 7.66. The van der Waals surface area contributed by atoms with Crippen molar-refractivity contribution in [3.63, 3.8) is 0 Å². The molecule has 0 unspecified atom stereocenters. The summed E-state index contributed by atoms with van der Waals surface area (Å²) in [5.74, 6) is 0. The molecule has 0 fully saturated rings. The molecule has 2 nitrogen and oxygen atoms in total. The molecule has 0 atom stereocenters. The lowest BCUT2D eigenvalue weighted by molar-refractivity contribution is 0.559. The maximum atomic E-state index is 7.55. The minimum absolute atomic E-state index is 0.0439. The van der Waals surface area contributed by atoms with Gasteiger partial charge in [0.05, 0.1) is 5.69 Å². The van der Waals surface area contributed by atoms with E-state index in [-0.39, 0.29) is 37.9 Å². The van der Waals surface area contributed by atoms with Crippen LogP contribution < -0.4 is 4.90 Å². The molecule has 7 aromatic carbocycles. The summed E-state index contributed by atoms with van der Waals surface area (Å²) in [6, 6.07) is 47.7. The lowest BCUT2D eigenvalue weighted by Gasteiger charge is -2.30. The number of furan rings is 1. The van der Waals surface area contributed by atoms with E-state index in [4.69, 9.17) is 4.42 Å². The maximum Gasteiger partial charge on any atom is 0.159 e. The molecule has 0 spiro atoms. The van der Waals surface area contributed by atoms with Crippen LogP contribution in [0.5, 0.6) is 0 Å². The van der Waals surface area contributed by atoms with Crippen LogP contribution in [0.15, 0.2) is 126 Å². The molecule has 2 aliphatic rings. The number of hydrogen-bond donors (Lipinski definition) is 0. The average molecular weight is 924 g/mol. The Kier molecular flexibility index (Phi) is 10.5. The highest BCUT2D eigenvalue weighted by Gasteiger charge is 2.39. The molecule has 1 aromatic heterocycles. The molecule has 8 aromatic rings. The molecule has 1 heterocycles. The van der Waals surface area contributed by atoms with Crippen LogP contribution in [-0.4, -0.2) is 0 Å². The number of rotatable bonds is 4. The standard InChI is InChI=1S/C68H77NO/c1-62(2,3)42-24-27-49-51-29-26-47(39-57(51)68(18,19)55(49)36-42)69(46-25-28-50-48-22-20-21-23-54(48)67(16,17)56(50)38-46)59-33-41(40-30-43(63(4,5)6)34-44(31-40)64(7,8)9)32-52-53-35-45(65(10,11)12)37-58(66(13,14)15)60(53)70-61(52)59/h20-39H,1-19H3. The van der Waals surface area contributed by atoms with Gasteiger partial charge in [-0.15, -0.1) is 0 Å². The van der Waals surface area contributed by atoms with Crippen molar-refractivity contribution in [3.8, 4) is 33.4 Å². The first-order valence-corrected chi connectivity index (χ1v) is 25.9. The van der Waals surface area contributed by atoms with Crippen molar-refractivity contribution in [2.75, 3.05) is 4.90 Å². The summed E-state index contributed by atoms with van der Waals surface area (Å²) >= 11 is 0. The van der Waals surface area contributed by atoms with E-state index in [1.54, 1.807) is 0 Å². The Labute approximate surface area is 420 Å². The fraction of sp³-hybridized carbons (Fsp3) is 0.382. The first-order valence-electron chi connectivity index (χ1n) is 25.9. The summed E-state index contributed by atoms with van der Waals surface area (Å²) < 4.78 is 7.55. The van der Waals surface area contributed by atoms with E-state index in [1.807, 2.05) is 0 Å². The Hall–Kier alpha value is -5.86. The van der Waals surface area contributed by atoms with Gasteiger partial charge in [0.15, 0.2) is 5.58 Å². The van der Waals surface area contributed by atoms with Crippen LogP contribution in [0.2, 0.25) is 0 Å². The highest BCUT2D eigenvalue weighted by atomic mass is 16.3. The van der Waals surface area contributed by atoms with Gasteiger partial charge >= 0.3 is 0 Å². The molecule has 0 amide bonds. The fourth-order valence-corrected chi connectivity index (χ4v) is 11.5. The lowest BCUT2D eigenvalue weighted by Crippen LogP contribution is -2.19. The highest BCUT2D eigenvalue weighted by Crippen LogP contribution is 2.55. The van der Waals surface area contributed by atoms with Crippen LogP contribution in [0, 0.1) is 0 Å². The van der Waals surface area contributed by atoms with Gasteiger partial charge in [0.25, 0.3) is 0 Å². The summed E-state index contributed by atoms with van der Waals surface area (Å²) in [6.45, 7) is 44.6. The molecule has 2 aliphatic carbocycles. The minimum atomic E-state index is -0.215. The summed E-state index contributed by atoms with van der Waals surface area (Å²) in [4.78, 5) is 2.53. The zero-order valence-electron chi connectivity index (χ0n) is 45.9. The van der Waals surface area contributed by atoms with E-state index < -0.39 is 0 Å². The van der Waals surface area contributed by atoms with Crippen molar-refractivity contribution in [3.05, 3.63) is 171 Å². The van der Waals surface area contributed by atoms with Gasteiger partial charge in [0, 0.05) is 38.5 Å². The summed E-state index contributed by atoms with van der Waals surface area (Å²) in [7, 11) is 0. The largest absolute Gasteiger partial charge is 0.454 e. The van der Waals surface area contributed by atoms with Gasteiger partial charge in [0.2, 0.25) is 0 Å². The highest BCUT2D eigenvalue weighted by molar-refractivity contribution is 6.13. The number of anilines is 3. The Morgan fingerprint density at radius 3 is 1.33 bits per heavy atom. The average Bonchev–Trinajstić information content (AvgIpc) is 3.83. The number of benzene rings is 7. The van der Waals surface area contributed by atoms with Gasteiger partial charge in [-0.25, -0.2) is 0 Å². The van der Waals surface area contributed by atoms with Crippen molar-refractivity contribution in [2.24, 2.45) is 0 Å². The number of nitrogens with zero attached hydrogens (tertiary/aromatic N) is 1. The molecule has 0 N–H and O–H groups in total. The molecule has 0 saturated heterocycles. The molecule has 10 rings (SSSR count). The third-order valence-corrected chi connectivity index (χ3v) is 16.2. The second-order valence-corrected chi connectivity index (χ2v) is 27.3. The summed E-state index contributed by atoms with van der Waals surface area (Å²) in [5.41, 5.74) is 24.2. The van der Waals surface area contributed by atoms with Crippen LogP contribution in [0.25, 0.3) is 55.3 Å². The quantitative estimate of drug-likeness (QED) is 0.175. The Balaban J connectivity index is 1.33. The van der Waals surface area contributed by atoms with Gasteiger partial charge < -0.3 is 9.32 Å². The molecule has 360 valence electrons. The SMILES string of the molecule is CC(C)(C)c1cc(-c2cc(N(c3ccc4c(c3)C(C)(C)c3ccccc3-4)c3ccc4c(c3)C(C)(C)c3cc(C(C)(C)C)ccc3-4)c3oc4c(C(C)(C)C)cc(C(C)(C)C)cc4c3c2)cc(C(C)(C)C)c1. The Bertz CT molecular complexity index is 3410. The molecule has 0 radical (unpaired) electrons. The first kappa shape index (κ1) is 47.8. The smallest absolute Gasteiger partial charge is 0.159 e. The van der Waals surface area contributed by atoms with Crippen LogP contribution in [-0.2, 0) is 37.9 Å². The van der Waals surface area contributed by atoms with E-state index >= 15 is 0 Å². The van der Waals surface area contributed by atoms with Crippen LogP contribution >= 0.6 is 0 Å². The zero-order chi connectivity index (χ0) is 50.6. The topological polar surface area (TPSA) is 16.4 Å². The van der Waals surface area contributed by atoms with E-state index in [9.17, 15) is 0 Å². The summed E-state index contributed by atoms with van der Waals surface area (Å²) in [5, 5.41) is 2.31. The lowest BCUT2D eigenvalue weighted by atomic mass is 9.78. The normalized spacial score (nSPS) is 15.3. The van der Waals surface area contributed by atoms with Gasteiger partial charge in [-0.1, -0.05) is 210 Å². The Morgan fingerprint density at radius 1 is 0.357 bits per heavy atom. The van der Waals surface area contributed by atoms with Gasteiger partial charge in [-0.2, -0.15) is 0 Å². The second kappa shape index (κ2) is 15.3. The van der Waals surface area contributed by atoms with Crippen LogP contribution in [0.3, 0.4) is 0 Å². The maximum absolute atomic E-state index is 7.55. The second-order valence-electron chi connectivity index (χ2n) is 27.3. The van der Waals surface area contributed by atoms with Crippen LogP contribution in [0.1, 0.15) is 182 Å². The zero-order valence-corrected chi connectivity index (χ0v) is 45.9. The first-order chi connectivity index (χ1) is 32.3. The molecule has 0 saturated carbocycles. The van der Waals surface area contributed by atoms with Gasteiger partial charge in [-0.05, 0) is 147 Å². The predicted molar refractivity (Wildman–Crippen MR) is 302 cm³/mol. The van der Waals surface area contributed by atoms with Crippen molar-refractivity contribution < 1.29 is 4.42 Å². The van der Waals surface area contributed by atoms with E-state index in [2.05, 4.69) is 258 Å². The van der Waals surface area contributed by atoms with Crippen molar-refractivity contribution >= 4 is 39.0 Å². The Morgan fingerprint density at radius 2 is 0.800 bits per heavy atom. The molecule has 0 bridgehead atoms. The molecule has 70 heavy (non-hydrogen) atoms. The van der Waals surface area contributed by atoms with E-state index in [0.29, 0.717) is 0 Å². The van der Waals surface area contributed by atoms with E-state index in [1.165, 1.54) is 88.8 Å². The third-order valence-electron chi connectivity index (χ3n) is 16.2. The minimum Gasteiger partial charge on any atom is -0.454 e. The fourth-order valence-electron chi connectivity index (χ4n) is 11.5. The monoisotopic (exact) mass is 924 g/mol. The van der Waals surface area contributed by atoms with E-state index in [0.717, 1.165) is 33.6 Å². The number of hydrogen-bond acceptors (Lipinski definition) is 2. The predicted octanol–water partition coefficient (Wildman–Crippen LogP) is 19.8.